The second-order valence-corrected chi connectivity index (χ2v) is 4.09. The van der Waals surface area contributed by atoms with Crippen LogP contribution in [0, 0.1) is 18.6 Å². The van der Waals surface area contributed by atoms with Crippen molar-refractivity contribution in [1.29, 1.82) is 0 Å². The molecule has 1 aliphatic carbocycles. The lowest BCUT2D eigenvalue weighted by Crippen LogP contribution is -1.89. The molecule has 1 aromatic carbocycles. The van der Waals surface area contributed by atoms with Gasteiger partial charge < -0.3 is 0 Å². The van der Waals surface area contributed by atoms with Gasteiger partial charge >= 0.3 is 0 Å². The molecule has 1 aromatic heterocycles. The van der Waals surface area contributed by atoms with Crippen LogP contribution in [0.4, 0.5) is 8.78 Å². The fraction of sp³-hybridized carbons (Fsp3) is 0.154. The van der Waals surface area contributed by atoms with Crippen LogP contribution < -0.4 is 0 Å². The number of fused-ring (bicyclic) bond motifs is 3. The second kappa shape index (κ2) is 3.11. The van der Waals surface area contributed by atoms with Crippen molar-refractivity contribution in [3.8, 4) is 11.3 Å². The van der Waals surface area contributed by atoms with Crippen molar-refractivity contribution < 1.29 is 8.78 Å². The van der Waals surface area contributed by atoms with Crippen molar-refractivity contribution >= 4 is 0 Å². The standard InChI is InChI=1S/C13H9F2N/c1-7-2-10(14)4-8-3-9-5-11(15)6-16-13(9)12(7)8/h2,4-6H,3H2,1H3. The molecule has 0 saturated carbocycles. The lowest BCUT2D eigenvalue weighted by atomic mass is 10.0. The van der Waals surface area contributed by atoms with E-state index in [1.807, 2.05) is 6.92 Å². The van der Waals surface area contributed by atoms with Crippen LogP contribution in [-0.4, -0.2) is 4.98 Å². The number of aromatic nitrogens is 1. The minimum absolute atomic E-state index is 0.246. The molecular formula is C13H9F2N. The number of hydrogen-bond donors (Lipinski definition) is 0. The molecule has 2 aromatic rings. The largest absolute Gasteiger partial charge is 0.253 e. The zero-order valence-corrected chi connectivity index (χ0v) is 8.72. The van der Waals surface area contributed by atoms with Gasteiger partial charge in [-0.05, 0) is 41.8 Å². The van der Waals surface area contributed by atoms with Crippen LogP contribution in [0.3, 0.4) is 0 Å². The minimum atomic E-state index is -0.343. The third-order valence-electron chi connectivity index (χ3n) is 2.93. The lowest BCUT2D eigenvalue weighted by Gasteiger charge is -2.04. The van der Waals surface area contributed by atoms with E-state index in [9.17, 15) is 8.78 Å². The van der Waals surface area contributed by atoms with Crippen molar-refractivity contribution in [3.63, 3.8) is 0 Å². The van der Waals surface area contributed by atoms with E-state index in [1.54, 1.807) is 0 Å². The van der Waals surface area contributed by atoms with Gasteiger partial charge in [0.15, 0.2) is 0 Å². The molecule has 1 nitrogen and oxygen atoms in total. The molecule has 80 valence electrons. The maximum Gasteiger partial charge on any atom is 0.141 e. The van der Waals surface area contributed by atoms with E-state index in [2.05, 4.69) is 4.98 Å². The Labute approximate surface area is 91.8 Å². The van der Waals surface area contributed by atoms with Crippen molar-refractivity contribution in [3.05, 3.63) is 52.7 Å². The SMILES string of the molecule is Cc1cc(F)cc2c1-c1ncc(F)cc1C2. The molecule has 3 rings (SSSR count). The fourth-order valence-corrected chi connectivity index (χ4v) is 2.34. The van der Waals surface area contributed by atoms with E-state index < -0.39 is 0 Å². The highest BCUT2D eigenvalue weighted by Gasteiger charge is 2.22. The number of aryl methyl sites for hydroxylation is 1. The molecule has 0 fully saturated rings. The van der Waals surface area contributed by atoms with E-state index >= 15 is 0 Å². The quantitative estimate of drug-likeness (QED) is 0.563. The highest BCUT2D eigenvalue weighted by molar-refractivity contribution is 5.76. The monoisotopic (exact) mass is 217 g/mol. The normalized spacial score (nSPS) is 12.4. The summed E-state index contributed by atoms with van der Waals surface area (Å²) in [5.74, 6) is -0.589. The Hall–Kier alpha value is -1.77. The average molecular weight is 217 g/mol. The number of nitrogens with zero attached hydrogens (tertiary/aromatic N) is 1. The van der Waals surface area contributed by atoms with Crippen LogP contribution in [0.5, 0.6) is 0 Å². The smallest absolute Gasteiger partial charge is 0.141 e. The lowest BCUT2D eigenvalue weighted by molar-refractivity contribution is 0.620. The maximum atomic E-state index is 13.2. The van der Waals surface area contributed by atoms with Gasteiger partial charge in [-0.2, -0.15) is 0 Å². The van der Waals surface area contributed by atoms with Crippen LogP contribution in [0.2, 0.25) is 0 Å². The first kappa shape index (κ1) is 9.46. The van der Waals surface area contributed by atoms with Gasteiger partial charge in [-0.3, -0.25) is 4.98 Å². The molecule has 0 atom stereocenters. The first-order valence-electron chi connectivity index (χ1n) is 5.09. The average Bonchev–Trinajstić information content (AvgIpc) is 2.54. The molecule has 0 radical (unpaired) electrons. The predicted molar refractivity (Wildman–Crippen MR) is 57.1 cm³/mol. The highest BCUT2D eigenvalue weighted by atomic mass is 19.1. The maximum absolute atomic E-state index is 13.2. The zero-order chi connectivity index (χ0) is 11.3. The molecular weight excluding hydrogens is 208 g/mol. The third-order valence-corrected chi connectivity index (χ3v) is 2.93. The third kappa shape index (κ3) is 1.24. The molecule has 1 aliphatic rings. The molecule has 0 unspecified atom stereocenters. The summed E-state index contributed by atoms with van der Waals surface area (Å²) in [6.45, 7) is 1.85. The number of halogens is 2. The summed E-state index contributed by atoms with van der Waals surface area (Å²) in [5, 5.41) is 0. The Morgan fingerprint density at radius 1 is 1.06 bits per heavy atom. The van der Waals surface area contributed by atoms with Gasteiger partial charge in [0.2, 0.25) is 0 Å². The molecule has 0 spiro atoms. The van der Waals surface area contributed by atoms with Crippen molar-refractivity contribution in [2.45, 2.75) is 13.3 Å². The summed E-state index contributed by atoms with van der Waals surface area (Å²) >= 11 is 0. The van der Waals surface area contributed by atoms with Gasteiger partial charge in [-0.15, -0.1) is 0 Å². The van der Waals surface area contributed by atoms with Crippen LogP contribution in [0.15, 0.2) is 24.4 Å². The second-order valence-electron chi connectivity index (χ2n) is 4.09. The molecule has 16 heavy (non-hydrogen) atoms. The topological polar surface area (TPSA) is 12.9 Å². The minimum Gasteiger partial charge on any atom is -0.253 e. The van der Waals surface area contributed by atoms with Gasteiger partial charge in [-0.25, -0.2) is 8.78 Å². The molecule has 3 heteroatoms. The Morgan fingerprint density at radius 3 is 2.62 bits per heavy atom. The first-order valence-corrected chi connectivity index (χ1v) is 5.09. The predicted octanol–water partition coefficient (Wildman–Crippen LogP) is 3.24. The fourth-order valence-electron chi connectivity index (χ4n) is 2.34. The van der Waals surface area contributed by atoms with E-state index in [1.165, 1.54) is 24.4 Å². The summed E-state index contributed by atoms with van der Waals surface area (Å²) in [6.07, 6.45) is 1.77. The first-order chi connectivity index (χ1) is 7.65. The van der Waals surface area contributed by atoms with Crippen molar-refractivity contribution in [1.82, 2.24) is 4.98 Å². The van der Waals surface area contributed by atoms with Crippen LogP contribution in [0.25, 0.3) is 11.3 Å². The summed E-state index contributed by atoms with van der Waals surface area (Å²) in [7, 11) is 0. The summed E-state index contributed by atoms with van der Waals surface area (Å²) in [4.78, 5) is 4.09. The van der Waals surface area contributed by atoms with Crippen LogP contribution in [0.1, 0.15) is 16.7 Å². The highest BCUT2D eigenvalue weighted by Crippen LogP contribution is 2.37. The zero-order valence-electron chi connectivity index (χ0n) is 8.72. The van der Waals surface area contributed by atoms with E-state index in [-0.39, 0.29) is 11.6 Å². The van der Waals surface area contributed by atoms with Crippen LogP contribution >= 0.6 is 0 Å². The van der Waals surface area contributed by atoms with Gasteiger partial charge in [-0.1, -0.05) is 0 Å². The van der Waals surface area contributed by atoms with E-state index in [0.717, 1.165) is 27.9 Å². The summed E-state index contributed by atoms with van der Waals surface area (Å²) < 4.78 is 26.3. The number of hydrogen-bond acceptors (Lipinski definition) is 1. The van der Waals surface area contributed by atoms with E-state index in [0.29, 0.717) is 6.42 Å². The molecule has 0 aliphatic heterocycles. The van der Waals surface area contributed by atoms with Crippen molar-refractivity contribution in [2.24, 2.45) is 0 Å². The van der Waals surface area contributed by atoms with Crippen molar-refractivity contribution in [2.75, 3.05) is 0 Å². The molecule has 1 heterocycles. The number of pyridine rings is 1. The molecule has 0 amide bonds. The summed E-state index contributed by atoms with van der Waals surface area (Å²) in [5.41, 5.74) is 4.33. The Kier molecular flexibility index (Phi) is 1.84. The van der Waals surface area contributed by atoms with Crippen LogP contribution in [-0.2, 0) is 6.42 Å². The van der Waals surface area contributed by atoms with E-state index in [4.69, 9.17) is 0 Å². The molecule has 0 saturated heterocycles. The Balaban J connectivity index is 2.29. The Bertz CT molecular complexity index is 591. The molecule has 0 N–H and O–H groups in total. The van der Waals surface area contributed by atoms with Gasteiger partial charge in [0, 0.05) is 12.0 Å². The van der Waals surface area contributed by atoms with Gasteiger partial charge in [0.25, 0.3) is 0 Å². The van der Waals surface area contributed by atoms with Gasteiger partial charge in [0.05, 0.1) is 11.9 Å². The Morgan fingerprint density at radius 2 is 1.81 bits per heavy atom. The number of rotatable bonds is 0. The van der Waals surface area contributed by atoms with Gasteiger partial charge in [0.1, 0.15) is 11.6 Å². The molecule has 0 bridgehead atoms. The summed E-state index contributed by atoms with van der Waals surface area (Å²) in [6, 6.07) is 4.46. The number of benzene rings is 1.